The molecule has 5 heteroatoms. The molecule has 0 unspecified atom stereocenters. The molecule has 0 aliphatic rings. The molecule has 0 bridgehead atoms. The van der Waals surface area contributed by atoms with Gasteiger partial charge in [0.25, 0.3) is 0 Å². The molecular weight excluding hydrogens is 256 g/mol. The molecule has 96 valence electrons. The maximum absolute atomic E-state index is 5.02. The Bertz CT molecular complexity index is 744. The van der Waals surface area contributed by atoms with E-state index in [0.717, 1.165) is 18.8 Å². The molecule has 0 fully saturated rings. The van der Waals surface area contributed by atoms with Crippen molar-refractivity contribution in [3.05, 3.63) is 53.1 Å². The van der Waals surface area contributed by atoms with Crippen molar-refractivity contribution in [2.24, 2.45) is 0 Å². The van der Waals surface area contributed by atoms with E-state index in [1.807, 2.05) is 12.1 Å². The van der Waals surface area contributed by atoms with Gasteiger partial charge in [0.2, 0.25) is 0 Å². The minimum Gasteiger partial charge on any atom is -0.371 e. The van der Waals surface area contributed by atoms with Gasteiger partial charge in [-0.1, -0.05) is 30.4 Å². The van der Waals surface area contributed by atoms with Crippen LogP contribution in [0.2, 0.25) is 0 Å². The molecule has 0 aliphatic heterocycles. The Labute approximate surface area is 115 Å². The van der Waals surface area contributed by atoms with Gasteiger partial charge >= 0.3 is 0 Å². The zero-order valence-electron chi connectivity index (χ0n) is 10.3. The van der Waals surface area contributed by atoms with Crippen LogP contribution in [0.1, 0.15) is 5.56 Å². The van der Waals surface area contributed by atoms with Crippen molar-refractivity contribution < 1.29 is 0 Å². The van der Waals surface area contributed by atoms with Crippen molar-refractivity contribution in [2.75, 3.05) is 11.9 Å². The molecule has 0 saturated heterocycles. The van der Waals surface area contributed by atoms with E-state index in [2.05, 4.69) is 44.7 Å². The zero-order chi connectivity index (χ0) is 13.1. The first-order valence-electron chi connectivity index (χ1n) is 6.16. The minimum atomic E-state index is 0.591. The largest absolute Gasteiger partial charge is 0.371 e. The summed E-state index contributed by atoms with van der Waals surface area (Å²) in [4.78, 5) is 10.3. The molecule has 0 spiro atoms. The van der Waals surface area contributed by atoms with E-state index in [1.54, 1.807) is 6.33 Å². The van der Waals surface area contributed by atoms with Crippen molar-refractivity contribution in [2.45, 2.75) is 6.42 Å². The van der Waals surface area contributed by atoms with Gasteiger partial charge in [0.1, 0.15) is 10.5 Å². The van der Waals surface area contributed by atoms with Crippen molar-refractivity contribution in [1.82, 2.24) is 15.0 Å². The number of hydrogen-bond acceptors (Lipinski definition) is 3. The lowest BCUT2D eigenvalue weighted by atomic mass is 10.1. The second-order valence-corrected chi connectivity index (χ2v) is 4.75. The Morgan fingerprint density at radius 2 is 2.11 bits per heavy atom. The fourth-order valence-electron chi connectivity index (χ4n) is 2.14. The third kappa shape index (κ3) is 2.66. The standard InChI is InChI=1S/C14H14N4S/c19-14-7-13(17-9-18-14)15-6-5-10-8-16-12-4-2-1-3-11(10)12/h1-4,7-9,16H,5-6H2,(H2,15,17,18,19). The molecule has 0 radical (unpaired) electrons. The van der Waals surface area contributed by atoms with E-state index in [9.17, 15) is 0 Å². The van der Waals surface area contributed by atoms with Crippen molar-refractivity contribution in [3.8, 4) is 0 Å². The van der Waals surface area contributed by atoms with Crippen LogP contribution in [0.15, 0.2) is 42.9 Å². The smallest absolute Gasteiger partial charge is 0.131 e. The molecule has 19 heavy (non-hydrogen) atoms. The summed E-state index contributed by atoms with van der Waals surface area (Å²) >= 11 is 5.02. The van der Waals surface area contributed by atoms with Crippen LogP contribution in [0, 0.1) is 4.64 Å². The van der Waals surface area contributed by atoms with Gasteiger partial charge in [-0.15, -0.1) is 0 Å². The summed E-state index contributed by atoms with van der Waals surface area (Å²) in [5.41, 5.74) is 2.50. The number of benzene rings is 1. The number of aromatic nitrogens is 3. The minimum absolute atomic E-state index is 0.591. The highest BCUT2D eigenvalue weighted by molar-refractivity contribution is 7.71. The van der Waals surface area contributed by atoms with Crippen LogP contribution in [0.5, 0.6) is 0 Å². The van der Waals surface area contributed by atoms with Crippen LogP contribution in [0.4, 0.5) is 5.82 Å². The van der Waals surface area contributed by atoms with E-state index >= 15 is 0 Å². The number of nitrogens with one attached hydrogen (secondary N) is 3. The summed E-state index contributed by atoms with van der Waals surface area (Å²) < 4.78 is 0.591. The Morgan fingerprint density at radius 3 is 3.00 bits per heavy atom. The first kappa shape index (κ1) is 11.9. The number of para-hydroxylation sites is 1. The van der Waals surface area contributed by atoms with Crippen LogP contribution in [-0.4, -0.2) is 21.5 Å². The molecular formula is C14H14N4S. The molecule has 2 heterocycles. The van der Waals surface area contributed by atoms with Gasteiger partial charge in [0.15, 0.2) is 0 Å². The van der Waals surface area contributed by atoms with Crippen LogP contribution < -0.4 is 5.32 Å². The van der Waals surface area contributed by atoms with Gasteiger partial charge in [-0.3, -0.25) is 0 Å². The molecule has 0 amide bonds. The molecule has 0 atom stereocenters. The maximum Gasteiger partial charge on any atom is 0.131 e. The van der Waals surface area contributed by atoms with Crippen LogP contribution in [-0.2, 0) is 6.42 Å². The van der Waals surface area contributed by atoms with E-state index in [0.29, 0.717) is 4.64 Å². The summed E-state index contributed by atoms with van der Waals surface area (Å²) in [6.45, 7) is 0.844. The predicted molar refractivity (Wildman–Crippen MR) is 79.9 cm³/mol. The average molecular weight is 270 g/mol. The normalized spacial score (nSPS) is 10.7. The van der Waals surface area contributed by atoms with Gasteiger partial charge < -0.3 is 15.3 Å². The average Bonchev–Trinajstić information content (AvgIpc) is 2.83. The Kier molecular flexibility index (Phi) is 3.29. The summed E-state index contributed by atoms with van der Waals surface area (Å²) in [6, 6.07) is 10.2. The fraction of sp³-hybridized carbons (Fsp3) is 0.143. The number of hydrogen-bond donors (Lipinski definition) is 3. The monoisotopic (exact) mass is 270 g/mol. The van der Waals surface area contributed by atoms with E-state index in [1.165, 1.54) is 16.5 Å². The molecule has 3 rings (SSSR count). The molecule has 4 nitrogen and oxygen atoms in total. The van der Waals surface area contributed by atoms with E-state index in [4.69, 9.17) is 12.2 Å². The van der Waals surface area contributed by atoms with Gasteiger partial charge in [0, 0.05) is 29.7 Å². The molecule has 3 aromatic rings. The topological polar surface area (TPSA) is 56.5 Å². The first-order chi connectivity index (χ1) is 9.33. The number of H-pyrrole nitrogens is 2. The highest BCUT2D eigenvalue weighted by Crippen LogP contribution is 2.18. The zero-order valence-corrected chi connectivity index (χ0v) is 11.1. The van der Waals surface area contributed by atoms with Crippen molar-refractivity contribution in [1.29, 1.82) is 0 Å². The second kappa shape index (κ2) is 5.24. The summed E-state index contributed by atoms with van der Waals surface area (Å²) in [5, 5.41) is 4.60. The lowest BCUT2D eigenvalue weighted by Gasteiger charge is -2.05. The van der Waals surface area contributed by atoms with E-state index in [-0.39, 0.29) is 0 Å². The number of nitrogens with zero attached hydrogens (tertiary/aromatic N) is 1. The molecule has 3 N–H and O–H groups in total. The lowest BCUT2D eigenvalue weighted by molar-refractivity contribution is 1.00. The Balaban J connectivity index is 1.68. The van der Waals surface area contributed by atoms with Gasteiger partial charge in [-0.05, 0) is 18.1 Å². The van der Waals surface area contributed by atoms with Gasteiger partial charge in [-0.2, -0.15) is 0 Å². The summed E-state index contributed by atoms with van der Waals surface area (Å²) in [6.07, 6.45) is 4.63. The third-order valence-corrected chi connectivity index (χ3v) is 3.29. The van der Waals surface area contributed by atoms with Gasteiger partial charge in [-0.25, -0.2) is 4.98 Å². The number of aromatic amines is 2. The Morgan fingerprint density at radius 1 is 1.21 bits per heavy atom. The highest BCUT2D eigenvalue weighted by atomic mass is 32.1. The predicted octanol–water partition coefficient (Wildman–Crippen LogP) is 3.28. The number of rotatable bonds is 4. The number of fused-ring (bicyclic) bond motifs is 1. The second-order valence-electron chi connectivity index (χ2n) is 4.34. The number of anilines is 1. The Hall–Kier alpha value is -2.14. The maximum atomic E-state index is 5.02. The summed E-state index contributed by atoms with van der Waals surface area (Å²) in [7, 11) is 0. The lowest BCUT2D eigenvalue weighted by Crippen LogP contribution is -2.06. The molecule has 0 saturated carbocycles. The third-order valence-electron chi connectivity index (χ3n) is 3.06. The van der Waals surface area contributed by atoms with Gasteiger partial charge in [0.05, 0.1) is 6.33 Å². The summed E-state index contributed by atoms with van der Waals surface area (Å²) in [5.74, 6) is 0.903. The van der Waals surface area contributed by atoms with Crippen LogP contribution in [0.25, 0.3) is 10.9 Å². The van der Waals surface area contributed by atoms with Crippen molar-refractivity contribution >= 4 is 28.9 Å². The van der Waals surface area contributed by atoms with Crippen LogP contribution >= 0.6 is 12.2 Å². The molecule has 1 aromatic carbocycles. The quantitative estimate of drug-likeness (QED) is 0.638. The highest BCUT2D eigenvalue weighted by Gasteiger charge is 2.02. The van der Waals surface area contributed by atoms with Crippen LogP contribution in [0.3, 0.4) is 0 Å². The van der Waals surface area contributed by atoms with E-state index < -0.39 is 0 Å². The van der Waals surface area contributed by atoms with Crippen molar-refractivity contribution in [3.63, 3.8) is 0 Å². The first-order valence-corrected chi connectivity index (χ1v) is 6.57. The SMILES string of the molecule is S=c1cc(NCCc2c[nH]c3ccccc23)[nH]cn1. The fourth-order valence-corrected chi connectivity index (χ4v) is 2.31. The molecule has 2 aromatic heterocycles. The molecule has 0 aliphatic carbocycles.